The minimum atomic E-state index is -0.584. The van der Waals surface area contributed by atoms with Gasteiger partial charge in [-0.1, -0.05) is 54.5 Å². The number of halogens is 1. The molecular weight excluding hydrogens is 488 g/mol. The Bertz CT molecular complexity index is 1210. The van der Waals surface area contributed by atoms with Gasteiger partial charge in [0.15, 0.2) is 11.5 Å². The Balaban J connectivity index is 1.66. The van der Waals surface area contributed by atoms with Crippen molar-refractivity contribution in [2.75, 3.05) is 25.6 Å². The number of methoxy groups -OCH3 is 1. The molecule has 1 heterocycles. The van der Waals surface area contributed by atoms with E-state index in [4.69, 9.17) is 25.8 Å². The molecule has 8 nitrogen and oxygen atoms in total. The lowest BCUT2D eigenvalue weighted by atomic mass is 10.1. The monoisotopic (exact) mass is 512 g/mol. The average Bonchev–Trinajstić information content (AvgIpc) is 3.32. The predicted molar refractivity (Wildman–Crippen MR) is 136 cm³/mol. The van der Waals surface area contributed by atoms with E-state index in [0.29, 0.717) is 28.8 Å². The van der Waals surface area contributed by atoms with Gasteiger partial charge >= 0.3 is 0 Å². The number of amides is 1. The molecule has 0 radical (unpaired) electrons. The van der Waals surface area contributed by atoms with Gasteiger partial charge in [0.25, 0.3) is 5.91 Å². The Labute approximate surface area is 213 Å². The summed E-state index contributed by atoms with van der Waals surface area (Å²) in [6.07, 6.45) is 4.26. The van der Waals surface area contributed by atoms with Crippen LogP contribution in [0.5, 0.6) is 17.2 Å². The van der Waals surface area contributed by atoms with Crippen molar-refractivity contribution in [1.82, 2.24) is 10.2 Å². The molecule has 182 valence electrons. The third-order valence-corrected chi connectivity index (χ3v) is 5.88. The van der Waals surface area contributed by atoms with E-state index in [2.05, 4.69) is 22.4 Å². The van der Waals surface area contributed by atoms with Crippen molar-refractivity contribution in [2.24, 2.45) is 0 Å². The Kier molecular flexibility index (Phi) is 9.90. The van der Waals surface area contributed by atoms with Crippen LogP contribution in [0.15, 0.2) is 48.0 Å². The number of nitriles is 1. The van der Waals surface area contributed by atoms with Gasteiger partial charge in [0.2, 0.25) is 5.13 Å². The van der Waals surface area contributed by atoms with E-state index >= 15 is 0 Å². The Morgan fingerprint density at radius 2 is 1.97 bits per heavy atom. The summed E-state index contributed by atoms with van der Waals surface area (Å²) in [6, 6.07) is 14.5. The second-order valence-electron chi connectivity index (χ2n) is 7.27. The number of anilines is 1. The number of hydrogen-bond acceptors (Lipinski definition) is 8. The number of carbonyl (C=O) groups is 1. The lowest BCUT2D eigenvalue weighted by Gasteiger charge is -2.14. The van der Waals surface area contributed by atoms with E-state index in [1.807, 2.05) is 36.4 Å². The van der Waals surface area contributed by atoms with Crippen LogP contribution in [0.1, 0.15) is 30.3 Å². The smallest absolute Gasteiger partial charge is 0.268 e. The third-order valence-electron chi connectivity index (χ3n) is 4.70. The standard InChI is InChI=1S/C25H25ClN4O4S/c1-3-4-10-22-29-30-25(35-22)28-24(31)18(16-27)13-17-14-20(26)23(21(15-17)32-2)34-12-11-33-19-8-6-5-7-9-19/h5-9,13-15H,3-4,10-12H2,1-2H3,(H,28,30,31)/b18-13-. The van der Waals surface area contributed by atoms with Crippen molar-refractivity contribution >= 4 is 40.1 Å². The van der Waals surface area contributed by atoms with Crippen LogP contribution in [0, 0.1) is 11.3 Å². The second kappa shape index (κ2) is 13.3. The van der Waals surface area contributed by atoms with Crippen molar-refractivity contribution in [3.8, 4) is 23.3 Å². The van der Waals surface area contributed by atoms with Gasteiger partial charge in [0, 0.05) is 6.42 Å². The number of carbonyl (C=O) groups excluding carboxylic acids is 1. The van der Waals surface area contributed by atoms with Crippen LogP contribution >= 0.6 is 22.9 Å². The SMILES string of the molecule is CCCCc1nnc(NC(=O)/C(C#N)=C\c2cc(Cl)c(OCCOc3ccccc3)c(OC)c2)s1. The summed E-state index contributed by atoms with van der Waals surface area (Å²) in [5, 5.41) is 21.7. The summed E-state index contributed by atoms with van der Waals surface area (Å²) >= 11 is 7.71. The number of para-hydroxylation sites is 1. The van der Waals surface area contributed by atoms with Gasteiger partial charge in [0.05, 0.1) is 12.1 Å². The number of rotatable bonds is 12. The van der Waals surface area contributed by atoms with Crippen molar-refractivity contribution in [3.63, 3.8) is 0 Å². The quantitative estimate of drug-likeness (QED) is 0.193. The van der Waals surface area contributed by atoms with Gasteiger partial charge in [0.1, 0.15) is 35.6 Å². The van der Waals surface area contributed by atoms with Gasteiger partial charge in [-0.25, -0.2) is 0 Å². The van der Waals surface area contributed by atoms with Gasteiger partial charge in [-0.3, -0.25) is 10.1 Å². The first-order valence-electron chi connectivity index (χ1n) is 11.0. The Morgan fingerprint density at radius 1 is 1.20 bits per heavy atom. The highest BCUT2D eigenvalue weighted by Crippen LogP contribution is 2.37. The van der Waals surface area contributed by atoms with Crippen molar-refractivity contribution in [3.05, 3.63) is 63.6 Å². The minimum absolute atomic E-state index is 0.113. The topological polar surface area (TPSA) is 106 Å². The number of aryl methyl sites for hydroxylation is 1. The molecule has 3 aromatic rings. The summed E-state index contributed by atoms with van der Waals surface area (Å²) in [4.78, 5) is 12.6. The molecule has 0 fully saturated rings. The van der Waals surface area contributed by atoms with Gasteiger partial charge in [-0.15, -0.1) is 10.2 Å². The largest absolute Gasteiger partial charge is 0.493 e. The number of nitrogens with one attached hydrogen (secondary N) is 1. The van der Waals surface area contributed by atoms with Gasteiger partial charge in [-0.05, 0) is 42.3 Å². The first-order chi connectivity index (χ1) is 17.0. The van der Waals surface area contributed by atoms with Crippen molar-refractivity contribution in [2.45, 2.75) is 26.2 Å². The fourth-order valence-corrected chi connectivity index (χ4v) is 4.05. The van der Waals surface area contributed by atoms with Crippen LogP contribution in [-0.2, 0) is 11.2 Å². The van der Waals surface area contributed by atoms with Crippen molar-refractivity contribution < 1.29 is 19.0 Å². The maximum Gasteiger partial charge on any atom is 0.268 e. The second-order valence-corrected chi connectivity index (χ2v) is 8.74. The molecule has 2 aromatic carbocycles. The number of aromatic nitrogens is 2. The average molecular weight is 513 g/mol. The molecule has 0 aliphatic rings. The zero-order valence-corrected chi connectivity index (χ0v) is 21.0. The molecule has 0 aliphatic carbocycles. The molecule has 0 unspecified atom stereocenters. The van der Waals surface area contributed by atoms with Gasteiger partial charge in [-0.2, -0.15) is 5.26 Å². The lowest BCUT2D eigenvalue weighted by Crippen LogP contribution is -2.13. The Hall–Kier alpha value is -3.61. The van der Waals surface area contributed by atoms with Crippen LogP contribution in [0.4, 0.5) is 5.13 Å². The van der Waals surface area contributed by atoms with E-state index in [1.165, 1.54) is 24.5 Å². The highest BCUT2D eigenvalue weighted by atomic mass is 35.5. The molecule has 0 bridgehead atoms. The number of benzene rings is 2. The first-order valence-corrected chi connectivity index (χ1v) is 12.2. The zero-order chi connectivity index (χ0) is 25.0. The molecule has 0 saturated carbocycles. The molecule has 1 aromatic heterocycles. The first kappa shape index (κ1) is 26.0. The summed E-state index contributed by atoms with van der Waals surface area (Å²) in [7, 11) is 1.48. The minimum Gasteiger partial charge on any atom is -0.493 e. The highest BCUT2D eigenvalue weighted by Gasteiger charge is 2.16. The number of nitrogens with zero attached hydrogens (tertiary/aromatic N) is 3. The number of unbranched alkanes of at least 4 members (excludes halogenated alkanes) is 1. The lowest BCUT2D eigenvalue weighted by molar-refractivity contribution is -0.112. The summed E-state index contributed by atoms with van der Waals surface area (Å²) in [5.74, 6) is 0.868. The fourth-order valence-electron chi connectivity index (χ4n) is 3.00. The molecule has 35 heavy (non-hydrogen) atoms. The van der Waals surface area contributed by atoms with E-state index < -0.39 is 5.91 Å². The van der Waals surface area contributed by atoms with E-state index in [9.17, 15) is 10.1 Å². The zero-order valence-electron chi connectivity index (χ0n) is 19.4. The molecule has 1 amide bonds. The maximum atomic E-state index is 12.6. The third kappa shape index (κ3) is 7.70. The molecule has 0 spiro atoms. The fraction of sp³-hybridized carbons (Fsp3) is 0.280. The molecule has 0 atom stereocenters. The molecule has 1 N–H and O–H groups in total. The number of ether oxygens (including phenoxy) is 3. The van der Waals surface area contributed by atoms with E-state index in [0.717, 1.165) is 30.0 Å². The maximum absolute atomic E-state index is 12.6. The molecule has 3 rings (SSSR count). The van der Waals surface area contributed by atoms with Gasteiger partial charge < -0.3 is 14.2 Å². The molecule has 0 saturated heterocycles. The van der Waals surface area contributed by atoms with Crippen LogP contribution in [0.2, 0.25) is 5.02 Å². The molecule has 0 aliphatic heterocycles. The molecular formula is C25H25ClN4O4S. The van der Waals surface area contributed by atoms with Crippen LogP contribution in [-0.4, -0.2) is 36.4 Å². The molecule has 10 heteroatoms. The van der Waals surface area contributed by atoms with Crippen LogP contribution in [0.25, 0.3) is 6.08 Å². The van der Waals surface area contributed by atoms with E-state index in [-0.39, 0.29) is 17.2 Å². The van der Waals surface area contributed by atoms with Crippen LogP contribution < -0.4 is 19.5 Å². The highest BCUT2D eigenvalue weighted by molar-refractivity contribution is 7.15. The predicted octanol–water partition coefficient (Wildman–Crippen LogP) is 5.55. The van der Waals surface area contributed by atoms with E-state index in [1.54, 1.807) is 12.1 Å². The summed E-state index contributed by atoms with van der Waals surface area (Å²) in [6.45, 7) is 2.65. The summed E-state index contributed by atoms with van der Waals surface area (Å²) < 4.78 is 16.8. The normalized spacial score (nSPS) is 11.0. The summed E-state index contributed by atoms with van der Waals surface area (Å²) in [5.41, 5.74) is 0.394. The van der Waals surface area contributed by atoms with Crippen LogP contribution in [0.3, 0.4) is 0 Å². The Morgan fingerprint density at radius 3 is 2.69 bits per heavy atom. The van der Waals surface area contributed by atoms with Crippen molar-refractivity contribution in [1.29, 1.82) is 5.26 Å². The number of hydrogen-bond donors (Lipinski definition) is 1.